The molecule has 6 nitrogen and oxygen atoms in total. The molecular formula is C17H16BrN3O3S. The van der Waals surface area contributed by atoms with Gasteiger partial charge in [0.05, 0.1) is 11.1 Å². The fourth-order valence-corrected chi connectivity index (χ4v) is 2.67. The van der Waals surface area contributed by atoms with Crippen LogP contribution in [0.5, 0.6) is 5.75 Å². The lowest BCUT2D eigenvalue weighted by atomic mass is 10.2. The van der Waals surface area contributed by atoms with Crippen LogP contribution in [0.4, 0.5) is 5.69 Å². The Morgan fingerprint density at radius 3 is 2.36 bits per heavy atom. The molecule has 0 bridgehead atoms. The Balaban J connectivity index is 1.99. The summed E-state index contributed by atoms with van der Waals surface area (Å²) in [6, 6.07) is 11.4. The second kappa shape index (κ2) is 8.59. The SMILES string of the molecule is CCOc1ccc(C(=O)NC(=S)Nc2ccc(C(N)=O)cc2)cc1Br. The lowest BCUT2D eigenvalue weighted by Gasteiger charge is -2.11. The molecule has 2 rings (SSSR count). The normalized spacial score (nSPS) is 10.0. The molecular weight excluding hydrogens is 406 g/mol. The van der Waals surface area contributed by atoms with Crippen molar-refractivity contribution in [1.82, 2.24) is 5.32 Å². The maximum atomic E-state index is 12.2. The van der Waals surface area contributed by atoms with Crippen molar-refractivity contribution >= 4 is 50.8 Å². The van der Waals surface area contributed by atoms with Gasteiger partial charge in [0, 0.05) is 16.8 Å². The molecule has 0 atom stereocenters. The van der Waals surface area contributed by atoms with Crippen molar-refractivity contribution < 1.29 is 14.3 Å². The number of nitrogens with two attached hydrogens (primary N) is 1. The van der Waals surface area contributed by atoms with E-state index in [-0.39, 0.29) is 11.0 Å². The highest BCUT2D eigenvalue weighted by atomic mass is 79.9. The minimum absolute atomic E-state index is 0.141. The van der Waals surface area contributed by atoms with E-state index in [1.54, 1.807) is 42.5 Å². The van der Waals surface area contributed by atoms with Gasteiger partial charge in [-0.25, -0.2) is 0 Å². The summed E-state index contributed by atoms with van der Waals surface area (Å²) in [5, 5.41) is 5.60. The summed E-state index contributed by atoms with van der Waals surface area (Å²) in [7, 11) is 0. The van der Waals surface area contributed by atoms with Gasteiger partial charge in [0.25, 0.3) is 5.91 Å². The van der Waals surface area contributed by atoms with Gasteiger partial charge in [-0.05, 0) is 77.5 Å². The van der Waals surface area contributed by atoms with Gasteiger partial charge in [-0.1, -0.05) is 0 Å². The third kappa shape index (κ3) is 5.27. The van der Waals surface area contributed by atoms with Crippen LogP contribution in [0, 0.1) is 0 Å². The summed E-state index contributed by atoms with van der Waals surface area (Å²) in [5.74, 6) is -0.201. The molecule has 2 amide bonds. The third-order valence-corrected chi connectivity index (χ3v) is 3.97. The molecule has 0 spiro atoms. The number of carbonyl (C=O) groups is 2. The number of hydrogen-bond acceptors (Lipinski definition) is 4. The zero-order valence-electron chi connectivity index (χ0n) is 13.3. The van der Waals surface area contributed by atoms with Gasteiger partial charge in [-0.2, -0.15) is 0 Å². The Labute approximate surface area is 158 Å². The molecule has 0 radical (unpaired) electrons. The van der Waals surface area contributed by atoms with Crippen LogP contribution in [-0.2, 0) is 0 Å². The van der Waals surface area contributed by atoms with E-state index in [1.807, 2.05) is 6.92 Å². The number of anilines is 1. The van der Waals surface area contributed by atoms with Gasteiger partial charge < -0.3 is 15.8 Å². The summed E-state index contributed by atoms with van der Waals surface area (Å²) in [4.78, 5) is 23.3. The summed E-state index contributed by atoms with van der Waals surface area (Å²) in [6.07, 6.45) is 0. The van der Waals surface area contributed by atoms with E-state index in [2.05, 4.69) is 26.6 Å². The maximum absolute atomic E-state index is 12.2. The predicted molar refractivity (Wildman–Crippen MR) is 104 cm³/mol. The Kier molecular flexibility index (Phi) is 6.49. The first kappa shape index (κ1) is 18.9. The van der Waals surface area contributed by atoms with Crippen LogP contribution >= 0.6 is 28.1 Å². The van der Waals surface area contributed by atoms with Crippen LogP contribution < -0.4 is 21.1 Å². The summed E-state index contributed by atoms with van der Waals surface area (Å²) in [6.45, 7) is 2.42. The number of amides is 2. The van der Waals surface area contributed by atoms with Crippen molar-refractivity contribution in [1.29, 1.82) is 0 Å². The lowest BCUT2D eigenvalue weighted by Crippen LogP contribution is -2.34. The molecule has 8 heteroatoms. The molecule has 0 aromatic heterocycles. The molecule has 0 saturated heterocycles. The Morgan fingerprint density at radius 2 is 1.80 bits per heavy atom. The Morgan fingerprint density at radius 1 is 1.16 bits per heavy atom. The molecule has 0 aliphatic heterocycles. The quantitative estimate of drug-likeness (QED) is 0.644. The van der Waals surface area contributed by atoms with Gasteiger partial charge in [-0.15, -0.1) is 0 Å². The van der Waals surface area contributed by atoms with Crippen molar-refractivity contribution in [2.45, 2.75) is 6.92 Å². The molecule has 130 valence electrons. The first-order valence-corrected chi connectivity index (χ1v) is 8.55. The molecule has 0 aliphatic rings. The minimum atomic E-state index is -0.511. The predicted octanol–water partition coefficient (Wildman–Crippen LogP) is 3.07. The monoisotopic (exact) mass is 421 g/mol. The van der Waals surface area contributed by atoms with Gasteiger partial charge >= 0.3 is 0 Å². The fraction of sp³-hybridized carbons (Fsp3) is 0.118. The van der Waals surface area contributed by atoms with Crippen molar-refractivity contribution in [3.05, 3.63) is 58.1 Å². The van der Waals surface area contributed by atoms with Crippen molar-refractivity contribution in [2.24, 2.45) is 5.73 Å². The van der Waals surface area contributed by atoms with E-state index in [0.29, 0.717) is 33.6 Å². The number of ether oxygens (including phenoxy) is 1. The highest BCUT2D eigenvalue weighted by molar-refractivity contribution is 9.10. The molecule has 0 heterocycles. The van der Waals surface area contributed by atoms with Gasteiger partial charge in [0.1, 0.15) is 5.75 Å². The molecule has 4 N–H and O–H groups in total. The number of nitrogens with one attached hydrogen (secondary N) is 2. The summed E-state index contributed by atoms with van der Waals surface area (Å²) in [5.41, 5.74) is 6.63. The zero-order chi connectivity index (χ0) is 18.4. The number of thiocarbonyl (C=S) groups is 1. The van der Waals surface area contributed by atoms with Crippen LogP contribution in [-0.4, -0.2) is 23.5 Å². The number of rotatable bonds is 5. The standard InChI is InChI=1S/C17H16BrN3O3S/c1-2-24-14-8-5-11(9-13(14)18)16(23)21-17(25)20-12-6-3-10(4-7-12)15(19)22/h3-9H,2H2,1H3,(H2,19,22)(H2,20,21,23,25). The first-order valence-electron chi connectivity index (χ1n) is 7.35. The molecule has 25 heavy (non-hydrogen) atoms. The van der Waals surface area contributed by atoms with E-state index < -0.39 is 5.91 Å². The largest absolute Gasteiger partial charge is 0.493 e. The van der Waals surface area contributed by atoms with E-state index in [0.717, 1.165) is 0 Å². The molecule has 2 aromatic rings. The van der Waals surface area contributed by atoms with Crippen LogP contribution in [0.2, 0.25) is 0 Å². The van der Waals surface area contributed by atoms with Crippen LogP contribution in [0.15, 0.2) is 46.9 Å². The molecule has 0 saturated carbocycles. The van der Waals surface area contributed by atoms with Crippen molar-refractivity contribution in [2.75, 3.05) is 11.9 Å². The Bertz CT molecular complexity index is 809. The number of benzene rings is 2. The minimum Gasteiger partial charge on any atom is -0.493 e. The second-order valence-corrected chi connectivity index (χ2v) is 6.19. The van der Waals surface area contributed by atoms with E-state index >= 15 is 0 Å². The summed E-state index contributed by atoms with van der Waals surface area (Å²) < 4.78 is 6.09. The van der Waals surface area contributed by atoms with E-state index in [1.165, 1.54) is 0 Å². The average Bonchev–Trinajstić information content (AvgIpc) is 2.57. The molecule has 0 fully saturated rings. The smallest absolute Gasteiger partial charge is 0.257 e. The molecule has 0 aliphatic carbocycles. The first-order chi connectivity index (χ1) is 11.9. The van der Waals surface area contributed by atoms with Crippen molar-refractivity contribution in [3.63, 3.8) is 0 Å². The van der Waals surface area contributed by atoms with Crippen LogP contribution in [0.1, 0.15) is 27.6 Å². The number of hydrogen-bond donors (Lipinski definition) is 3. The third-order valence-electron chi connectivity index (χ3n) is 3.15. The molecule has 0 unspecified atom stereocenters. The van der Waals surface area contributed by atoms with Crippen LogP contribution in [0.25, 0.3) is 0 Å². The topological polar surface area (TPSA) is 93.4 Å². The second-order valence-electron chi connectivity index (χ2n) is 4.93. The number of halogens is 1. The average molecular weight is 422 g/mol. The van der Waals surface area contributed by atoms with Gasteiger partial charge in [-0.3, -0.25) is 14.9 Å². The lowest BCUT2D eigenvalue weighted by molar-refractivity contribution is 0.0975. The van der Waals surface area contributed by atoms with Crippen LogP contribution in [0.3, 0.4) is 0 Å². The maximum Gasteiger partial charge on any atom is 0.257 e. The Hall–Kier alpha value is -2.45. The van der Waals surface area contributed by atoms with E-state index in [4.69, 9.17) is 22.7 Å². The highest BCUT2D eigenvalue weighted by Gasteiger charge is 2.11. The van der Waals surface area contributed by atoms with Gasteiger partial charge in [0.15, 0.2) is 5.11 Å². The molecule has 2 aromatic carbocycles. The van der Waals surface area contributed by atoms with Crippen molar-refractivity contribution in [3.8, 4) is 5.75 Å². The fourth-order valence-electron chi connectivity index (χ4n) is 1.97. The number of carbonyl (C=O) groups excluding carboxylic acids is 2. The van der Waals surface area contributed by atoms with Gasteiger partial charge in [0.2, 0.25) is 5.91 Å². The zero-order valence-corrected chi connectivity index (χ0v) is 15.7. The number of primary amides is 1. The summed E-state index contributed by atoms with van der Waals surface area (Å²) >= 11 is 8.49. The van der Waals surface area contributed by atoms with E-state index in [9.17, 15) is 9.59 Å². The highest BCUT2D eigenvalue weighted by Crippen LogP contribution is 2.26.